The summed E-state index contributed by atoms with van der Waals surface area (Å²) in [4.78, 5) is 37.5. The Labute approximate surface area is 299 Å². The fraction of sp³-hybridized carbons (Fsp3) is 0.738. The molecule has 4 fully saturated rings. The van der Waals surface area contributed by atoms with Crippen molar-refractivity contribution < 1.29 is 34.1 Å². The number of carboxylic acid groups (broad SMARTS) is 1. The molecular weight excluding hydrogens is 630 g/mol. The molecule has 5 aliphatic carbocycles. The van der Waals surface area contributed by atoms with Gasteiger partial charge in [-0.1, -0.05) is 84.4 Å². The average molecular weight is 692 g/mol. The largest absolute Gasteiger partial charge is 0.480 e. The first-order valence-corrected chi connectivity index (χ1v) is 19.2. The molecule has 0 aromatic heterocycles. The standard InChI is InChI=1S/C42H61NO7/c1-26(2)36-29(44)21-42(32(45)23-43-22-27-11-9-8-10-12-27)20-19-40(6)28(37(36)42)13-14-31-39(5)17-16-33(50-35(48)25-49-24-34(46)47)38(3,4)30(39)15-18-41(31,40)7/h8-12,26,28,30-33,43,45H,13-25H2,1-7H3,(H,46,47)/t28-,30+,31-,32?,33+,39+,40-,41-,42?/m1/s1. The van der Waals surface area contributed by atoms with Crippen molar-refractivity contribution >= 4 is 17.7 Å². The van der Waals surface area contributed by atoms with Crippen LogP contribution in [-0.4, -0.2) is 59.9 Å². The molecule has 1 aromatic carbocycles. The SMILES string of the molecule is CC(C)C1=C2[C@H]3CC[C@@H]4[C@@]5(C)CC[C@H](OC(=O)COCC(=O)O)C(C)(C)[C@@H]5CC[C@@]4(C)[C@]3(C)CCC2(C(O)CNCc2ccccc2)CC1=O. The molecule has 0 spiro atoms. The van der Waals surface area contributed by atoms with E-state index in [0.717, 1.165) is 56.9 Å². The maximum absolute atomic E-state index is 14.0. The molecule has 3 N–H and O–H groups in total. The van der Waals surface area contributed by atoms with Crippen molar-refractivity contribution in [3.63, 3.8) is 0 Å². The first kappa shape index (κ1) is 37.2. The third-order valence-electron chi connectivity index (χ3n) is 15.3. The number of hydrogen-bond donors (Lipinski definition) is 3. The molecule has 1 aromatic rings. The van der Waals surface area contributed by atoms with E-state index in [-0.39, 0.29) is 52.0 Å². The van der Waals surface area contributed by atoms with Gasteiger partial charge in [0.2, 0.25) is 0 Å². The lowest BCUT2D eigenvalue weighted by atomic mass is 9.33. The summed E-state index contributed by atoms with van der Waals surface area (Å²) in [6.45, 7) is 16.7. The van der Waals surface area contributed by atoms with Gasteiger partial charge in [-0.25, -0.2) is 9.59 Å². The van der Waals surface area contributed by atoms with Gasteiger partial charge >= 0.3 is 11.9 Å². The minimum atomic E-state index is -1.10. The molecule has 276 valence electrons. The summed E-state index contributed by atoms with van der Waals surface area (Å²) in [5.74, 6) is -0.0994. The highest BCUT2D eigenvalue weighted by atomic mass is 16.6. The third-order valence-corrected chi connectivity index (χ3v) is 15.3. The Morgan fingerprint density at radius 3 is 2.30 bits per heavy atom. The minimum absolute atomic E-state index is 0.000383. The molecule has 4 saturated carbocycles. The van der Waals surface area contributed by atoms with E-state index in [0.29, 0.717) is 31.3 Å². The number of Topliss-reactive ketones (excluding diaryl/α,β-unsaturated/α-hetero) is 1. The van der Waals surface area contributed by atoms with E-state index in [2.05, 4.69) is 65.9 Å². The third kappa shape index (κ3) is 5.89. The number of aliphatic hydroxyl groups is 1. The molecule has 8 heteroatoms. The molecule has 5 aliphatic rings. The number of rotatable bonds is 11. The number of carbonyl (C=O) groups is 3. The van der Waals surface area contributed by atoms with Gasteiger partial charge in [0.25, 0.3) is 0 Å². The molecule has 0 radical (unpaired) electrons. The Morgan fingerprint density at radius 1 is 0.900 bits per heavy atom. The van der Waals surface area contributed by atoms with Crippen LogP contribution in [0, 0.1) is 50.7 Å². The van der Waals surface area contributed by atoms with Gasteiger partial charge in [-0.2, -0.15) is 0 Å². The first-order chi connectivity index (χ1) is 23.5. The van der Waals surface area contributed by atoms with Gasteiger partial charge in [-0.15, -0.1) is 0 Å². The highest BCUT2D eigenvalue weighted by Crippen LogP contribution is 2.77. The summed E-state index contributed by atoms with van der Waals surface area (Å²) in [6, 6.07) is 10.3. The summed E-state index contributed by atoms with van der Waals surface area (Å²) in [6.07, 6.45) is 7.41. The average Bonchev–Trinajstić information content (AvgIpc) is 3.36. The number of allylic oxidation sites excluding steroid dienone is 1. The normalized spacial score (nSPS) is 38.1. The second-order valence-electron chi connectivity index (χ2n) is 18.2. The zero-order valence-electron chi connectivity index (χ0n) is 31.5. The zero-order chi connectivity index (χ0) is 36.3. The number of fused-ring (bicyclic) bond motifs is 7. The van der Waals surface area contributed by atoms with Crippen LogP contribution in [0.3, 0.4) is 0 Å². The van der Waals surface area contributed by atoms with Gasteiger partial charge in [0.05, 0.1) is 6.10 Å². The Hall–Kier alpha value is -2.55. The van der Waals surface area contributed by atoms with Gasteiger partial charge in [0, 0.05) is 30.3 Å². The van der Waals surface area contributed by atoms with Crippen molar-refractivity contribution in [1.29, 1.82) is 0 Å². The predicted molar refractivity (Wildman–Crippen MR) is 192 cm³/mol. The fourth-order valence-electron chi connectivity index (χ4n) is 12.8. The van der Waals surface area contributed by atoms with Crippen molar-refractivity contribution in [3.05, 3.63) is 47.0 Å². The number of aliphatic hydroxyl groups excluding tert-OH is 1. The quantitative estimate of drug-likeness (QED) is 0.210. The van der Waals surface area contributed by atoms with E-state index in [9.17, 15) is 19.5 Å². The number of hydrogen-bond acceptors (Lipinski definition) is 7. The molecule has 2 unspecified atom stereocenters. The van der Waals surface area contributed by atoms with E-state index >= 15 is 0 Å². The number of nitrogens with one attached hydrogen (secondary N) is 1. The first-order valence-electron chi connectivity index (χ1n) is 19.2. The Bertz CT molecular complexity index is 1500. The fourth-order valence-corrected chi connectivity index (χ4v) is 12.8. The Morgan fingerprint density at radius 2 is 1.62 bits per heavy atom. The lowest BCUT2D eigenvalue weighted by molar-refractivity contribution is -0.235. The molecule has 6 rings (SSSR count). The topological polar surface area (TPSA) is 122 Å². The van der Waals surface area contributed by atoms with Crippen molar-refractivity contribution in [2.45, 2.75) is 125 Å². The van der Waals surface area contributed by atoms with E-state index in [1.54, 1.807) is 0 Å². The predicted octanol–water partition coefficient (Wildman–Crippen LogP) is 7.13. The Balaban J connectivity index is 1.25. The molecule has 50 heavy (non-hydrogen) atoms. The molecule has 0 heterocycles. The van der Waals surface area contributed by atoms with Crippen molar-refractivity contribution in [2.24, 2.45) is 50.7 Å². The zero-order valence-corrected chi connectivity index (χ0v) is 31.5. The monoisotopic (exact) mass is 691 g/mol. The maximum atomic E-state index is 14.0. The van der Waals surface area contributed by atoms with E-state index in [1.165, 1.54) is 11.1 Å². The van der Waals surface area contributed by atoms with Crippen LogP contribution in [0.2, 0.25) is 0 Å². The number of ketones is 1. The molecule has 0 saturated heterocycles. The number of benzene rings is 1. The number of aliphatic carboxylic acids is 1. The molecule has 0 bridgehead atoms. The molecule has 0 aliphatic heterocycles. The number of carbonyl (C=O) groups excluding carboxylic acids is 2. The van der Waals surface area contributed by atoms with E-state index < -0.39 is 30.1 Å². The highest BCUT2D eigenvalue weighted by Gasteiger charge is 2.70. The maximum Gasteiger partial charge on any atom is 0.332 e. The van der Waals surface area contributed by atoms with Crippen molar-refractivity contribution in [2.75, 3.05) is 19.8 Å². The summed E-state index contributed by atoms with van der Waals surface area (Å²) in [5, 5.41) is 24.5. The van der Waals surface area contributed by atoms with Gasteiger partial charge in [0.1, 0.15) is 19.3 Å². The van der Waals surface area contributed by atoms with Crippen LogP contribution in [-0.2, 0) is 30.4 Å². The highest BCUT2D eigenvalue weighted by molar-refractivity contribution is 6.00. The number of ether oxygens (including phenoxy) is 2. The molecular formula is C42H61NO7. The van der Waals surface area contributed by atoms with Gasteiger partial charge in [-0.3, -0.25) is 4.79 Å². The summed E-state index contributed by atoms with van der Waals surface area (Å²) >= 11 is 0. The van der Waals surface area contributed by atoms with Crippen LogP contribution in [0.1, 0.15) is 112 Å². The van der Waals surface area contributed by atoms with Crippen molar-refractivity contribution in [3.8, 4) is 0 Å². The van der Waals surface area contributed by atoms with Crippen LogP contribution < -0.4 is 5.32 Å². The van der Waals surface area contributed by atoms with Crippen LogP contribution >= 0.6 is 0 Å². The number of esters is 1. The van der Waals surface area contributed by atoms with Gasteiger partial charge in [0.15, 0.2) is 5.78 Å². The van der Waals surface area contributed by atoms with Gasteiger partial charge in [-0.05, 0) is 102 Å². The smallest absolute Gasteiger partial charge is 0.332 e. The summed E-state index contributed by atoms with van der Waals surface area (Å²) in [7, 11) is 0. The molecule has 9 atom stereocenters. The number of carboxylic acids is 1. The second-order valence-corrected chi connectivity index (χ2v) is 18.2. The van der Waals surface area contributed by atoms with Crippen LogP contribution in [0.4, 0.5) is 0 Å². The van der Waals surface area contributed by atoms with Crippen LogP contribution in [0.15, 0.2) is 41.5 Å². The van der Waals surface area contributed by atoms with Crippen molar-refractivity contribution in [1.82, 2.24) is 5.32 Å². The summed E-state index contributed by atoms with van der Waals surface area (Å²) < 4.78 is 11.0. The lowest BCUT2D eigenvalue weighted by Crippen LogP contribution is -2.66. The lowest BCUT2D eigenvalue weighted by Gasteiger charge is -2.72. The van der Waals surface area contributed by atoms with Crippen LogP contribution in [0.25, 0.3) is 0 Å². The molecule has 8 nitrogen and oxygen atoms in total. The Kier molecular flexibility index (Phi) is 10.0. The molecule has 0 amide bonds. The van der Waals surface area contributed by atoms with E-state index in [1.807, 2.05) is 18.2 Å². The van der Waals surface area contributed by atoms with Crippen LogP contribution in [0.5, 0.6) is 0 Å². The van der Waals surface area contributed by atoms with E-state index in [4.69, 9.17) is 14.6 Å². The van der Waals surface area contributed by atoms with Gasteiger partial charge < -0.3 is 25.0 Å². The summed E-state index contributed by atoms with van der Waals surface area (Å²) in [5.41, 5.74) is 2.88. The second kappa shape index (κ2) is 13.5. The minimum Gasteiger partial charge on any atom is -0.480 e.